The monoisotopic (exact) mass is 394 g/mol. The Kier molecular flexibility index (Phi) is 6.87. The van der Waals surface area contributed by atoms with Gasteiger partial charge in [-0.25, -0.2) is 0 Å². The van der Waals surface area contributed by atoms with E-state index in [1.54, 1.807) is 0 Å². The molecule has 0 radical (unpaired) electrons. The Labute approximate surface area is 170 Å². The Hall–Kier alpha value is -2.60. The third-order valence-corrected chi connectivity index (χ3v) is 5.52. The van der Waals surface area contributed by atoms with Crippen molar-refractivity contribution in [2.24, 2.45) is 0 Å². The first kappa shape index (κ1) is 20.1. The van der Waals surface area contributed by atoms with Crippen LogP contribution in [0.5, 0.6) is 0 Å². The lowest BCUT2D eigenvalue weighted by atomic mass is 10.1. The van der Waals surface area contributed by atoms with Gasteiger partial charge in [0.2, 0.25) is 5.91 Å². The van der Waals surface area contributed by atoms with Gasteiger partial charge in [0, 0.05) is 25.2 Å². The fourth-order valence-corrected chi connectivity index (χ4v) is 3.98. The molecule has 1 amide bonds. The van der Waals surface area contributed by atoms with E-state index in [0.29, 0.717) is 12.2 Å². The molecule has 0 saturated carbocycles. The molecular weight excluding hydrogens is 368 g/mol. The van der Waals surface area contributed by atoms with E-state index in [0.717, 1.165) is 29.8 Å². The molecule has 0 atom stereocenters. The summed E-state index contributed by atoms with van der Waals surface area (Å²) in [5, 5.41) is 9.60. The molecule has 0 spiro atoms. The Morgan fingerprint density at radius 1 is 1.04 bits per heavy atom. The van der Waals surface area contributed by atoms with Crippen molar-refractivity contribution in [3.05, 3.63) is 71.5 Å². The molecular formula is C22H26N4OS. The number of thioether (sulfide) groups is 1. The second kappa shape index (κ2) is 9.55. The highest BCUT2D eigenvalue weighted by molar-refractivity contribution is 7.99. The summed E-state index contributed by atoms with van der Waals surface area (Å²) in [4.78, 5) is 14.3. The summed E-state index contributed by atoms with van der Waals surface area (Å²) in [7, 11) is 0. The number of hydrogen-bond donors (Lipinski definition) is 0. The first-order valence-electron chi connectivity index (χ1n) is 9.58. The van der Waals surface area contributed by atoms with E-state index in [2.05, 4.69) is 52.0 Å². The van der Waals surface area contributed by atoms with Crippen LogP contribution < -0.4 is 0 Å². The highest BCUT2D eigenvalue weighted by Crippen LogP contribution is 2.24. The molecule has 0 aliphatic heterocycles. The second-order valence-corrected chi connectivity index (χ2v) is 7.53. The zero-order valence-electron chi connectivity index (χ0n) is 16.6. The molecule has 0 aliphatic rings. The minimum Gasteiger partial charge on any atom is -0.343 e. The van der Waals surface area contributed by atoms with Crippen molar-refractivity contribution >= 4 is 17.7 Å². The summed E-state index contributed by atoms with van der Waals surface area (Å²) in [6.07, 6.45) is 0.687. The predicted octanol–water partition coefficient (Wildman–Crippen LogP) is 4.13. The van der Waals surface area contributed by atoms with Gasteiger partial charge in [0.1, 0.15) is 5.82 Å². The SMILES string of the molecule is CCN(CC)C(=O)CSc1nnc(Cc2ccccc2)n1-c1cccc(C)c1. The summed E-state index contributed by atoms with van der Waals surface area (Å²) in [6, 6.07) is 18.5. The summed E-state index contributed by atoms with van der Waals surface area (Å²) in [5.41, 5.74) is 3.38. The minimum atomic E-state index is 0.124. The molecule has 28 heavy (non-hydrogen) atoms. The normalized spacial score (nSPS) is 10.8. The Balaban J connectivity index is 1.90. The average Bonchev–Trinajstić information content (AvgIpc) is 3.10. The number of benzene rings is 2. The highest BCUT2D eigenvalue weighted by Gasteiger charge is 2.18. The molecule has 0 N–H and O–H groups in total. The zero-order chi connectivity index (χ0) is 19.9. The molecule has 0 unspecified atom stereocenters. The van der Waals surface area contributed by atoms with Gasteiger partial charge in [-0.15, -0.1) is 10.2 Å². The third kappa shape index (κ3) is 4.81. The molecule has 3 aromatic rings. The number of carbonyl (C=O) groups is 1. The van der Waals surface area contributed by atoms with E-state index < -0.39 is 0 Å². The molecule has 6 heteroatoms. The number of carbonyl (C=O) groups excluding carboxylic acids is 1. The van der Waals surface area contributed by atoms with Gasteiger partial charge in [-0.05, 0) is 44.0 Å². The van der Waals surface area contributed by atoms with E-state index in [-0.39, 0.29) is 5.91 Å². The van der Waals surface area contributed by atoms with E-state index in [1.165, 1.54) is 22.9 Å². The van der Waals surface area contributed by atoms with Gasteiger partial charge < -0.3 is 4.90 Å². The van der Waals surface area contributed by atoms with Crippen LogP contribution in [0.3, 0.4) is 0 Å². The number of hydrogen-bond acceptors (Lipinski definition) is 4. The van der Waals surface area contributed by atoms with Crippen molar-refractivity contribution in [2.45, 2.75) is 32.3 Å². The quantitative estimate of drug-likeness (QED) is 0.539. The van der Waals surface area contributed by atoms with Crippen molar-refractivity contribution in [3.63, 3.8) is 0 Å². The van der Waals surface area contributed by atoms with E-state index in [1.807, 2.05) is 43.0 Å². The smallest absolute Gasteiger partial charge is 0.233 e. The van der Waals surface area contributed by atoms with Crippen LogP contribution in [0.4, 0.5) is 0 Å². The lowest BCUT2D eigenvalue weighted by Crippen LogP contribution is -2.31. The molecule has 5 nitrogen and oxygen atoms in total. The number of aryl methyl sites for hydroxylation is 1. The summed E-state index contributed by atoms with van der Waals surface area (Å²) < 4.78 is 2.07. The average molecular weight is 395 g/mol. The van der Waals surface area contributed by atoms with Crippen LogP contribution in [-0.4, -0.2) is 44.4 Å². The number of amides is 1. The number of rotatable bonds is 8. The second-order valence-electron chi connectivity index (χ2n) is 6.59. The van der Waals surface area contributed by atoms with Crippen LogP contribution in [0.15, 0.2) is 59.8 Å². The topological polar surface area (TPSA) is 51.0 Å². The van der Waals surface area contributed by atoms with E-state index >= 15 is 0 Å². The summed E-state index contributed by atoms with van der Waals surface area (Å²) in [6.45, 7) is 7.51. The maximum absolute atomic E-state index is 12.4. The minimum absolute atomic E-state index is 0.124. The van der Waals surface area contributed by atoms with Crippen molar-refractivity contribution < 1.29 is 4.79 Å². The van der Waals surface area contributed by atoms with Gasteiger partial charge in [0.15, 0.2) is 5.16 Å². The van der Waals surface area contributed by atoms with Crippen LogP contribution in [0.1, 0.15) is 30.8 Å². The molecule has 3 rings (SSSR count). The van der Waals surface area contributed by atoms with Gasteiger partial charge in [-0.1, -0.05) is 54.2 Å². The van der Waals surface area contributed by atoms with Gasteiger partial charge in [0.25, 0.3) is 0 Å². The van der Waals surface area contributed by atoms with Crippen LogP contribution in [-0.2, 0) is 11.2 Å². The molecule has 0 bridgehead atoms. The van der Waals surface area contributed by atoms with Gasteiger partial charge in [-0.2, -0.15) is 0 Å². The molecule has 146 valence electrons. The lowest BCUT2D eigenvalue weighted by molar-refractivity contribution is -0.127. The van der Waals surface area contributed by atoms with Crippen molar-refractivity contribution in [3.8, 4) is 5.69 Å². The number of nitrogens with zero attached hydrogens (tertiary/aromatic N) is 4. The van der Waals surface area contributed by atoms with Crippen molar-refractivity contribution in [1.82, 2.24) is 19.7 Å². The predicted molar refractivity (Wildman–Crippen MR) is 114 cm³/mol. The highest BCUT2D eigenvalue weighted by atomic mass is 32.2. The van der Waals surface area contributed by atoms with Gasteiger partial charge in [-0.3, -0.25) is 9.36 Å². The Bertz CT molecular complexity index is 919. The molecule has 1 aromatic heterocycles. The summed E-state index contributed by atoms with van der Waals surface area (Å²) in [5.74, 6) is 1.35. The molecule has 0 saturated heterocycles. The lowest BCUT2D eigenvalue weighted by Gasteiger charge is -2.18. The first-order valence-corrected chi connectivity index (χ1v) is 10.6. The largest absolute Gasteiger partial charge is 0.343 e. The Morgan fingerprint density at radius 2 is 1.79 bits per heavy atom. The molecule has 2 aromatic carbocycles. The fraction of sp³-hybridized carbons (Fsp3) is 0.318. The molecule has 1 heterocycles. The van der Waals surface area contributed by atoms with Gasteiger partial charge >= 0.3 is 0 Å². The molecule has 0 fully saturated rings. The van der Waals surface area contributed by atoms with Crippen LogP contribution in [0, 0.1) is 6.92 Å². The maximum atomic E-state index is 12.4. The molecule has 0 aliphatic carbocycles. The van der Waals surface area contributed by atoms with E-state index in [4.69, 9.17) is 0 Å². The fourth-order valence-electron chi connectivity index (χ4n) is 3.11. The zero-order valence-corrected chi connectivity index (χ0v) is 17.4. The first-order chi connectivity index (χ1) is 13.6. The van der Waals surface area contributed by atoms with Crippen molar-refractivity contribution in [2.75, 3.05) is 18.8 Å². The van der Waals surface area contributed by atoms with Crippen LogP contribution >= 0.6 is 11.8 Å². The van der Waals surface area contributed by atoms with Gasteiger partial charge in [0.05, 0.1) is 5.75 Å². The summed E-state index contributed by atoms with van der Waals surface area (Å²) >= 11 is 1.44. The standard InChI is InChI=1S/C22H26N4OS/c1-4-25(5-2)21(27)16-28-22-24-23-20(15-18-11-7-6-8-12-18)26(22)19-13-9-10-17(3)14-19/h6-14H,4-5,15-16H2,1-3H3. The maximum Gasteiger partial charge on any atom is 0.233 e. The number of aromatic nitrogens is 3. The Morgan fingerprint density at radius 3 is 2.46 bits per heavy atom. The third-order valence-electron chi connectivity index (χ3n) is 4.61. The van der Waals surface area contributed by atoms with Crippen LogP contribution in [0.25, 0.3) is 5.69 Å². The van der Waals surface area contributed by atoms with Crippen LogP contribution in [0.2, 0.25) is 0 Å². The van der Waals surface area contributed by atoms with E-state index in [9.17, 15) is 4.79 Å². The van der Waals surface area contributed by atoms with Crippen molar-refractivity contribution in [1.29, 1.82) is 0 Å².